The van der Waals surface area contributed by atoms with Gasteiger partial charge in [0.25, 0.3) is 0 Å². The first-order valence-corrected chi connectivity index (χ1v) is 6.18. The maximum absolute atomic E-state index is 5.25. The minimum atomic E-state index is 0.643. The zero-order chi connectivity index (χ0) is 13.7. The summed E-state index contributed by atoms with van der Waals surface area (Å²) in [4.78, 5) is 4.47. The smallest absolute Gasteiger partial charge is 0.207 e. The molecule has 0 atom stereocenters. The normalized spacial score (nSPS) is 10.5. The van der Waals surface area contributed by atoms with E-state index in [0.29, 0.717) is 6.61 Å². The summed E-state index contributed by atoms with van der Waals surface area (Å²) < 4.78 is 12.3. The van der Waals surface area contributed by atoms with Crippen molar-refractivity contribution >= 4 is 5.95 Å². The van der Waals surface area contributed by atoms with Gasteiger partial charge in [0, 0.05) is 25.9 Å². The second-order valence-corrected chi connectivity index (χ2v) is 4.20. The monoisotopic (exact) mass is 261 g/mol. The topological polar surface area (TPSA) is 48.3 Å². The average Bonchev–Trinajstić information content (AvgIpc) is 2.80. The molecule has 0 saturated heterocycles. The first-order valence-electron chi connectivity index (χ1n) is 6.18. The summed E-state index contributed by atoms with van der Waals surface area (Å²) in [6, 6.07) is 7.88. The number of rotatable bonds is 6. The van der Waals surface area contributed by atoms with Gasteiger partial charge in [0.1, 0.15) is 5.75 Å². The number of anilines is 1. The highest BCUT2D eigenvalue weighted by Crippen LogP contribution is 2.20. The molecule has 0 fully saturated rings. The Hall–Kier alpha value is -2.01. The van der Waals surface area contributed by atoms with Crippen molar-refractivity contribution in [3.05, 3.63) is 36.2 Å². The summed E-state index contributed by atoms with van der Waals surface area (Å²) in [6.07, 6.45) is 1.99. The average molecular weight is 261 g/mol. The Kier molecular flexibility index (Phi) is 4.41. The van der Waals surface area contributed by atoms with Crippen molar-refractivity contribution < 1.29 is 9.47 Å². The third-order valence-corrected chi connectivity index (χ3v) is 2.75. The lowest BCUT2D eigenvalue weighted by molar-refractivity contribution is 0.210. The Morgan fingerprint density at radius 2 is 2.16 bits per heavy atom. The van der Waals surface area contributed by atoms with Gasteiger partial charge in [0.15, 0.2) is 0 Å². The van der Waals surface area contributed by atoms with Crippen LogP contribution in [-0.4, -0.2) is 36.9 Å². The Balaban J connectivity index is 2.27. The second kappa shape index (κ2) is 6.24. The molecule has 0 aliphatic rings. The van der Waals surface area contributed by atoms with E-state index in [0.717, 1.165) is 29.6 Å². The number of methoxy groups -OCH3 is 2. The fourth-order valence-electron chi connectivity index (χ4n) is 1.84. The maximum Gasteiger partial charge on any atom is 0.207 e. The summed E-state index contributed by atoms with van der Waals surface area (Å²) in [6.45, 7) is 3.33. The molecule has 5 heteroatoms. The van der Waals surface area contributed by atoms with Crippen molar-refractivity contribution in [1.82, 2.24) is 9.55 Å². The number of ether oxygens (including phenoxy) is 2. The predicted octanol–water partition coefficient (Wildman–Crippen LogP) is 2.25. The molecular weight excluding hydrogens is 242 g/mol. The Labute approximate surface area is 113 Å². The minimum absolute atomic E-state index is 0.643. The van der Waals surface area contributed by atoms with Crippen molar-refractivity contribution in [2.24, 2.45) is 0 Å². The van der Waals surface area contributed by atoms with Gasteiger partial charge < -0.3 is 14.8 Å². The van der Waals surface area contributed by atoms with E-state index in [-0.39, 0.29) is 0 Å². The molecule has 0 unspecified atom stereocenters. The second-order valence-electron chi connectivity index (χ2n) is 4.20. The minimum Gasteiger partial charge on any atom is -0.497 e. The summed E-state index contributed by atoms with van der Waals surface area (Å²) >= 11 is 0. The van der Waals surface area contributed by atoms with Gasteiger partial charge in [0.05, 0.1) is 25.1 Å². The molecule has 5 nitrogen and oxygen atoms in total. The van der Waals surface area contributed by atoms with Crippen LogP contribution in [0.3, 0.4) is 0 Å². The largest absolute Gasteiger partial charge is 0.497 e. The standard InChI is InChI=1S/C14H19N3O2/c1-11-10-17(14(16-11)15-7-8-18-2)12-5-4-6-13(9-12)19-3/h4-6,9-10H,7-8H2,1-3H3,(H,15,16). The van der Waals surface area contributed by atoms with E-state index in [1.165, 1.54) is 0 Å². The number of nitrogens with one attached hydrogen (secondary N) is 1. The number of hydrogen-bond acceptors (Lipinski definition) is 4. The van der Waals surface area contributed by atoms with Gasteiger partial charge in [0.2, 0.25) is 5.95 Å². The fourth-order valence-corrected chi connectivity index (χ4v) is 1.84. The Morgan fingerprint density at radius 3 is 2.89 bits per heavy atom. The number of hydrogen-bond donors (Lipinski definition) is 1. The van der Waals surface area contributed by atoms with Crippen molar-refractivity contribution in [2.75, 3.05) is 32.7 Å². The molecule has 2 rings (SSSR count). The lowest BCUT2D eigenvalue weighted by atomic mass is 10.3. The van der Waals surface area contributed by atoms with Crippen molar-refractivity contribution in [3.63, 3.8) is 0 Å². The molecule has 1 N–H and O–H groups in total. The quantitative estimate of drug-likeness (QED) is 0.810. The SMILES string of the molecule is COCCNc1nc(C)cn1-c1cccc(OC)c1. The predicted molar refractivity (Wildman–Crippen MR) is 75.2 cm³/mol. The van der Waals surface area contributed by atoms with Gasteiger partial charge in [-0.1, -0.05) is 6.07 Å². The van der Waals surface area contributed by atoms with Gasteiger partial charge in [-0.3, -0.25) is 4.57 Å². The van der Waals surface area contributed by atoms with E-state index in [4.69, 9.17) is 9.47 Å². The van der Waals surface area contributed by atoms with Crippen LogP contribution < -0.4 is 10.1 Å². The number of aryl methyl sites for hydroxylation is 1. The Morgan fingerprint density at radius 1 is 1.32 bits per heavy atom. The molecule has 1 aromatic heterocycles. The van der Waals surface area contributed by atoms with Crippen molar-refractivity contribution in [1.29, 1.82) is 0 Å². The molecule has 0 aliphatic heterocycles. The lowest BCUT2D eigenvalue weighted by Crippen LogP contribution is -2.11. The zero-order valence-electron chi connectivity index (χ0n) is 11.5. The Bertz CT molecular complexity index is 537. The summed E-state index contributed by atoms with van der Waals surface area (Å²) in [7, 11) is 3.34. The van der Waals surface area contributed by atoms with E-state index in [1.54, 1.807) is 14.2 Å². The van der Waals surface area contributed by atoms with Crippen LogP contribution in [0.25, 0.3) is 5.69 Å². The van der Waals surface area contributed by atoms with Crippen LogP contribution in [0.5, 0.6) is 5.75 Å². The van der Waals surface area contributed by atoms with Crippen molar-refractivity contribution in [3.8, 4) is 11.4 Å². The van der Waals surface area contributed by atoms with E-state index in [9.17, 15) is 0 Å². The maximum atomic E-state index is 5.25. The number of imidazole rings is 1. The highest BCUT2D eigenvalue weighted by Gasteiger charge is 2.07. The molecule has 102 valence electrons. The van der Waals surface area contributed by atoms with Gasteiger partial charge in [-0.2, -0.15) is 0 Å². The third-order valence-electron chi connectivity index (χ3n) is 2.75. The fraction of sp³-hybridized carbons (Fsp3) is 0.357. The summed E-state index contributed by atoms with van der Waals surface area (Å²) in [5, 5.41) is 3.26. The first kappa shape index (κ1) is 13.4. The van der Waals surface area contributed by atoms with E-state index in [1.807, 2.05) is 42.0 Å². The molecule has 0 amide bonds. The summed E-state index contributed by atoms with van der Waals surface area (Å²) in [5.74, 6) is 1.63. The molecule has 1 aromatic carbocycles. The lowest BCUT2D eigenvalue weighted by Gasteiger charge is -2.10. The van der Waals surface area contributed by atoms with Crippen LogP contribution >= 0.6 is 0 Å². The molecular formula is C14H19N3O2. The van der Waals surface area contributed by atoms with Crippen LogP contribution in [0.1, 0.15) is 5.69 Å². The molecule has 0 spiro atoms. The number of nitrogens with zero attached hydrogens (tertiary/aromatic N) is 2. The van der Waals surface area contributed by atoms with E-state index in [2.05, 4.69) is 10.3 Å². The van der Waals surface area contributed by atoms with E-state index >= 15 is 0 Å². The molecule has 0 bridgehead atoms. The molecule has 0 radical (unpaired) electrons. The molecule has 0 aliphatic carbocycles. The van der Waals surface area contributed by atoms with Gasteiger partial charge in [-0.05, 0) is 19.1 Å². The van der Waals surface area contributed by atoms with Gasteiger partial charge >= 0.3 is 0 Å². The van der Waals surface area contributed by atoms with Crippen LogP contribution in [0.2, 0.25) is 0 Å². The van der Waals surface area contributed by atoms with Crippen molar-refractivity contribution in [2.45, 2.75) is 6.92 Å². The number of aromatic nitrogens is 2. The third kappa shape index (κ3) is 3.26. The van der Waals surface area contributed by atoms with Crippen LogP contribution in [0.15, 0.2) is 30.5 Å². The van der Waals surface area contributed by atoms with Crippen LogP contribution in [0.4, 0.5) is 5.95 Å². The molecule has 2 aromatic rings. The molecule has 0 saturated carbocycles. The zero-order valence-corrected chi connectivity index (χ0v) is 11.5. The first-order chi connectivity index (χ1) is 9.24. The molecule has 1 heterocycles. The van der Waals surface area contributed by atoms with Gasteiger partial charge in [-0.15, -0.1) is 0 Å². The van der Waals surface area contributed by atoms with E-state index < -0.39 is 0 Å². The number of benzene rings is 1. The van der Waals surface area contributed by atoms with Crippen LogP contribution in [-0.2, 0) is 4.74 Å². The highest BCUT2D eigenvalue weighted by molar-refractivity contribution is 5.46. The molecule has 19 heavy (non-hydrogen) atoms. The highest BCUT2D eigenvalue weighted by atomic mass is 16.5. The van der Waals surface area contributed by atoms with Gasteiger partial charge in [-0.25, -0.2) is 4.98 Å². The van der Waals surface area contributed by atoms with Crippen LogP contribution in [0, 0.1) is 6.92 Å². The summed E-state index contributed by atoms with van der Waals surface area (Å²) in [5.41, 5.74) is 1.97.